The highest BCUT2D eigenvalue weighted by molar-refractivity contribution is 6.93. The second-order valence-corrected chi connectivity index (χ2v) is 41.8. The minimum absolute atomic E-state index is 0.262. The Morgan fingerprint density at radius 3 is 0.686 bits per heavy atom. The van der Waals surface area contributed by atoms with E-state index in [9.17, 15) is 20.5 Å². The van der Waals surface area contributed by atoms with Crippen LogP contribution in [0, 0.1) is 0 Å². The maximum atomic E-state index is 13.5. The van der Waals surface area contributed by atoms with E-state index in [1.807, 2.05) is 47.3 Å². The predicted molar refractivity (Wildman–Crippen MR) is 172 cm³/mol. The van der Waals surface area contributed by atoms with Gasteiger partial charge in [-0.15, -0.1) is 0 Å². The normalized spacial score (nSPS) is 13.8. The zero-order valence-electron chi connectivity index (χ0n) is 27.3. The Hall–Kier alpha value is 0.951. The van der Waals surface area contributed by atoms with Crippen LogP contribution in [0.3, 0.4) is 0 Å². The molecule has 1 atom stereocenters. The molecule has 0 aromatic carbocycles. The molecule has 0 bridgehead atoms. The molecule has 0 saturated carbocycles. The molecule has 0 spiro atoms. The molecule has 11 heteroatoms. The summed E-state index contributed by atoms with van der Waals surface area (Å²) in [7, 11) is -12.3. The lowest BCUT2D eigenvalue weighted by Gasteiger charge is -2.31. The lowest BCUT2D eigenvalue weighted by atomic mass is 10.5. The molecule has 0 aliphatic carbocycles. The van der Waals surface area contributed by atoms with Gasteiger partial charge in [0.05, 0.1) is 0 Å². The monoisotopic (exact) mass is 616 g/mol. The Morgan fingerprint density at radius 2 is 0.686 bits per heavy atom. The number of hydrogen-bond acceptors (Lipinski definition) is 0. The third-order valence-corrected chi connectivity index (χ3v) is 21.6. The topological polar surface area (TPSA) is 0 Å². The molecule has 0 amide bonds. The lowest BCUT2D eigenvalue weighted by molar-refractivity contribution is 0.629. The van der Waals surface area contributed by atoms with Gasteiger partial charge in [-0.05, 0) is 68.6 Å². The van der Waals surface area contributed by atoms with Crippen molar-refractivity contribution in [2.24, 2.45) is 0 Å². The van der Waals surface area contributed by atoms with E-state index in [4.69, 9.17) is 0 Å². The van der Waals surface area contributed by atoms with E-state index in [1.165, 1.54) is 6.04 Å². The summed E-state index contributed by atoms with van der Waals surface area (Å²) < 4.78 is 61.1. The third-order valence-electron chi connectivity index (χ3n) is 5.65. The Morgan fingerprint density at radius 1 is 0.514 bits per heavy atom. The quantitative estimate of drug-likeness (QED) is 0.164. The largest absolute Gasteiger partial charge is 0.419 e. The van der Waals surface area contributed by atoms with Crippen LogP contribution in [-0.2, 0) is 0 Å². The fourth-order valence-electron chi connectivity index (χ4n) is 1.70. The van der Waals surface area contributed by atoms with Crippen LogP contribution in [0.2, 0.25) is 114 Å². The molecule has 0 fully saturated rings. The van der Waals surface area contributed by atoms with Gasteiger partial charge >= 0.3 is 8.74 Å². The minimum atomic E-state index is -3.61. The smallest absolute Gasteiger partial charge is 0.315 e. The van der Waals surface area contributed by atoms with Crippen LogP contribution in [0.4, 0.5) is 20.5 Å². The molecule has 0 N–H and O–H groups in total. The van der Waals surface area contributed by atoms with Crippen molar-refractivity contribution in [3.63, 3.8) is 0 Å². The molecular formula is C24H65F5Si6. The maximum Gasteiger partial charge on any atom is 0.419 e. The molecule has 1 unspecified atom stereocenters. The second-order valence-electron chi connectivity index (χ2n) is 14.4. The van der Waals surface area contributed by atoms with Crippen LogP contribution in [0.25, 0.3) is 0 Å². The molecule has 0 aliphatic rings. The van der Waals surface area contributed by atoms with Crippen molar-refractivity contribution in [1.82, 2.24) is 0 Å². The molecule has 0 saturated heterocycles. The van der Waals surface area contributed by atoms with Crippen LogP contribution in [0.1, 0.15) is 41.5 Å². The van der Waals surface area contributed by atoms with Crippen LogP contribution in [0.5, 0.6) is 0 Å². The SMILES string of the molecule is CC(C)[Si](C)(F)C(C)C.CC([Si](C)(C)C)[Si](C)(C)F.CC[Si](C)(C)C.C[Si](C)(C)F.C[Si](C)(F)F. The minimum Gasteiger partial charge on any atom is -0.315 e. The Bertz CT molecular complexity index is 447. The third kappa shape index (κ3) is 48.6. The standard InChI is InChI=1S/C7H19FSi2.C7H17FSi.C5H14Si.C3H9FSi.C2H6F2Si/c1-7(9(2,3)4)10(5,6)8;1-6(2)9(5,8)7(3)4;1-5-6(2,3)4;2*1-5(2,3)4/h7H,1-6H3;6-7H,1-5H3;5H2,1-4H3;1-3H3;1-2H3. The first-order chi connectivity index (χ1) is 14.6. The molecular weight excluding hydrogens is 552 g/mol. The average Bonchev–Trinajstić information content (AvgIpc) is 2.49. The summed E-state index contributed by atoms with van der Waals surface area (Å²) in [6.45, 7) is 38.5. The van der Waals surface area contributed by atoms with Crippen molar-refractivity contribution < 1.29 is 20.5 Å². The zero-order chi connectivity index (χ0) is 30.4. The van der Waals surface area contributed by atoms with E-state index in [0.29, 0.717) is 5.16 Å². The summed E-state index contributed by atoms with van der Waals surface area (Å²) in [4.78, 5) is 0. The fraction of sp³-hybridized carbons (Fsp3) is 1.00. The molecule has 0 aromatic rings. The van der Waals surface area contributed by atoms with Crippen molar-refractivity contribution in [1.29, 1.82) is 0 Å². The zero-order valence-corrected chi connectivity index (χ0v) is 33.3. The molecule has 0 rings (SSSR count). The number of hydrogen-bond donors (Lipinski definition) is 0. The Kier molecular flexibility index (Phi) is 23.9. The van der Waals surface area contributed by atoms with Crippen molar-refractivity contribution >= 4 is 50.1 Å². The Labute approximate surface area is 225 Å². The van der Waals surface area contributed by atoms with E-state index in [-0.39, 0.29) is 11.1 Å². The number of halogens is 5. The maximum absolute atomic E-state index is 13.5. The van der Waals surface area contributed by atoms with Crippen LogP contribution < -0.4 is 0 Å². The van der Waals surface area contributed by atoms with Crippen molar-refractivity contribution in [2.75, 3.05) is 0 Å². The summed E-state index contributed by atoms with van der Waals surface area (Å²) in [6, 6.07) is 1.41. The summed E-state index contributed by atoms with van der Waals surface area (Å²) in [5, 5.41) is 0.375. The molecule has 220 valence electrons. The predicted octanol–water partition coefficient (Wildman–Crippen LogP) is 12.5. The van der Waals surface area contributed by atoms with Crippen LogP contribution in [0.15, 0.2) is 0 Å². The first-order valence-electron chi connectivity index (χ1n) is 13.0. The van der Waals surface area contributed by atoms with E-state index in [2.05, 4.69) is 53.1 Å². The van der Waals surface area contributed by atoms with E-state index in [1.54, 1.807) is 19.6 Å². The van der Waals surface area contributed by atoms with Gasteiger partial charge in [0, 0.05) is 16.1 Å². The second kappa shape index (κ2) is 18.3. The molecule has 0 nitrogen and oxygen atoms in total. The summed E-state index contributed by atoms with van der Waals surface area (Å²) in [6.07, 6.45) is 0. The van der Waals surface area contributed by atoms with Gasteiger partial charge in [-0.3, -0.25) is 8.22 Å². The van der Waals surface area contributed by atoms with E-state index < -0.39 is 50.1 Å². The van der Waals surface area contributed by atoms with Gasteiger partial charge in [0.1, 0.15) is 0 Å². The van der Waals surface area contributed by atoms with E-state index in [0.717, 1.165) is 13.1 Å². The first-order valence-corrected chi connectivity index (χ1v) is 32.0. The summed E-state index contributed by atoms with van der Waals surface area (Å²) >= 11 is 0. The lowest BCUT2D eigenvalue weighted by Crippen LogP contribution is -2.41. The number of rotatable bonds is 5. The first kappa shape index (κ1) is 45.8. The van der Waals surface area contributed by atoms with Gasteiger partial charge in [-0.25, -0.2) is 0 Å². The average molecular weight is 617 g/mol. The summed E-state index contributed by atoms with van der Waals surface area (Å²) in [5.74, 6) is 0. The van der Waals surface area contributed by atoms with Crippen molar-refractivity contribution in [2.45, 2.75) is 155 Å². The van der Waals surface area contributed by atoms with Gasteiger partial charge < -0.3 is 12.3 Å². The van der Waals surface area contributed by atoms with Gasteiger partial charge in [0.15, 0.2) is 0 Å². The highest BCUT2D eigenvalue weighted by Gasteiger charge is 2.38. The van der Waals surface area contributed by atoms with Gasteiger partial charge in [-0.1, -0.05) is 86.9 Å². The van der Waals surface area contributed by atoms with Gasteiger partial charge in [0.25, 0.3) is 0 Å². The van der Waals surface area contributed by atoms with Crippen LogP contribution >= 0.6 is 0 Å². The molecule has 0 aromatic heterocycles. The van der Waals surface area contributed by atoms with E-state index >= 15 is 0 Å². The molecule has 0 heterocycles. The van der Waals surface area contributed by atoms with Gasteiger partial charge in [0.2, 0.25) is 25.2 Å². The highest BCUT2D eigenvalue weighted by Crippen LogP contribution is 2.33. The van der Waals surface area contributed by atoms with Crippen molar-refractivity contribution in [3.05, 3.63) is 0 Å². The molecule has 0 radical (unpaired) electrons. The molecule has 0 aliphatic heterocycles. The van der Waals surface area contributed by atoms with Crippen LogP contribution in [-0.4, -0.2) is 50.1 Å². The molecule has 35 heavy (non-hydrogen) atoms. The Balaban J connectivity index is -0.000000111. The summed E-state index contributed by atoms with van der Waals surface area (Å²) in [5.41, 5.74) is 0.523. The van der Waals surface area contributed by atoms with Gasteiger partial charge in [-0.2, -0.15) is 0 Å². The van der Waals surface area contributed by atoms with Crippen molar-refractivity contribution in [3.8, 4) is 0 Å². The highest BCUT2D eigenvalue weighted by atomic mass is 28.4. The fourth-order valence-corrected chi connectivity index (χ4v) is 11.3.